The Kier molecular flexibility index (Phi) is 10.7. The first-order chi connectivity index (χ1) is 17.9. The standard InChI is InChI=1S/C12H10F13N2.C2F6NO4S2/c1-26-4-5-27(6-26)3-2-7(13,14)8(15,16)9(17,18)10(19,20)11(21,22)12(23,24)25;3-1(4,5)14(10,11)9-15(12,13)2(6,7)8/h4-6H,2-3H2,1H3;/q+1;-1. The molecule has 250 valence electrons. The van der Waals surface area contributed by atoms with Crippen molar-refractivity contribution in [2.24, 2.45) is 7.05 Å². The van der Waals surface area contributed by atoms with E-state index in [0.717, 1.165) is 21.2 Å². The topological polar surface area (TPSA) is 91.2 Å². The number of aromatic nitrogens is 2. The van der Waals surface area contributed by atoms with Crippen molar-refractivity contribution in [2.75, 3.05) is 0 Å². The highest BCUT2D eigenvalue weighted by atomic mass is 32.3. The van der Waals surface area contributed by atoms with E-state index in [4.69, 9.17) is 0 Å². The maximum absolute atomic E-state index is 13.5. The van der Waals surface area contributed by atoms with Gasteiger partial charge in [-0.1, -0.05) is 0 Å². The fraction of sp³-hybridized carbons (Fsp3) is 0.786. The van der Waals surface area contributed by atoms with Crippen LogP contribution in [-0.2, 0) is 33.6 Å². The van der Waals surface area contributed by atoms with Crippen molar-refractivity contribution in [1.29, 1.82) is 0 Å². The van der Waals surface area contributed by atoms with Crippen LogP contribution in [-0.4, -0.2) is 68.2 Å². The Morgan fingerprint density at radius 3 is 1.26 bits per heavy atom. The molecule has 0 unspecified atom stereocenters. The maximum Gasteiger partial charge on any atom is 0.480 e. The average Bonchev–Trinajstić information content (AvgIpc) is 3.14. The van der Waals surface area contributed by atoms with Crippen LogP contribution in [0.25, 0.3) is 4.13 Å². The summed E-state index contributed by atoms with van der Waals surface area (Å²) in [6.07, 6.45) is -6.45. The minimum absolute atomic E-state index is 0.741. The summed E-state index contributed by atoms with van der Waals surface area (Å²) in [7, 11) is -12.1. The molecule has 1 aromatic heterocycles. The van der Waals surface area contributed by atoms with Gasteiger partial charge in [0, 0.05) is 0 Å². The van der Waals surface area contributed by atoms with E-state index in [2.05, 4.69) is 0 Å². The Morgan fingerprint density at radius 2 is 0.976 bits per heavy atom. The molecule has 0 fully saturated rings. The Bertz CT molecular complexity index is 1250. The van der Waals surface area contributed by atoms with Gasteiger partial charge < -0.3 is 4.13 Å². The highest BCUT2D eigenvalue weighted by molar-refractivity contribution is 8.13. The molecule has 0 radical (unpaired) electrons. The predicted octanol–water partition coefficient (Wildman–Crippen LogP) is 5.50. The lowest BCUT2D eigenvalue weighted by molar-refractivity contribution is -0.671. The van der Waals surface area contributed by atoms with Gasteiger partial charge in [0.15, 0.2) is 20.0 Å². The molecule has 0 bridgehead atoms. The van der Waals surface area contributed by atoms with Gasteiger partial charge >= 0.3 is 46.8 Å². The van der Waals surface area contributed by atoms with E-state index in [1.807, 2.05) is 0 Å². The summed E-state index contributed by atoms with van der Waals surface area (Å²) < 4.78 is 279. The van der Waals surface area contributed by atoms with Crippen molar-refractivity contribution in [1.82, 2.24) is 4.57 Å². The molecule has 0 amide bonds. The normalized spacial score (nSPS) is 15.3. The fourth-order valence-corrected chi connectivity index (χ4v) is 3.79. The smallest absolute Gasteiger partial charge is 0.421 e. The third kappa shape index (κ3) is 7.62. The molecule has 1 rings (SSSR count). The monoisotopic (exact) mass is 709 g/mol. The first-order valence-electron chi connectivity index (χ1n) is 9.26. The van der Waals surface area contributed by atoms with Crippen LogP contribution in [0.3, 0.4) is 0 Å². The minimum Gasteiger partial charge on any atom is -0.421 e. The van der Waals surface area contributed by atoms with E-state index in [9.17, 15) is 100 Å². The van der Waals surface area contributed by atoms with Gasteiger partial charge in [-0.15, -0.1) is 0 Å². The number of rotatable bonds is 9. The lowest BCUT2D eigenvalue weighted by atomic mass is 9.92. The number of hydrogen-bond donors (Lipinski definition) is 0. The highest BCUT2D eigenvalue weighted by Gasteiger charge is 2.90. The summed E-state index contributed by atoms with van der Waals surface area (Å²) in [6.45, 7) is -1.15. The van der Waals surface area contributed by atoms with Crippen molar-refractivity contribution < 1.29 is 105 Å². The fourth-order valence-electron chi connectivity index (χ4n) is 2.08. The van der Waals surface area contributed by atoms with Crippen LogP contribution in [0.5, 0.6) is 0 Å². The quantitative estimate of drug-likeness (QED) is 0.250. The molecule has 0 spiro atoms. The number of imidazole rings is 1. The lowest BCUT2D eigenvalue weighted by Gasteiger charge is -2.39. The first-order valence-corrected chi connectivity index (χ1v) is 12.1. The second kappa shape index (κ2) is 11.3. The van der Waals surface area contributed by atoms with Crippen LogP contribution in [0.1, 0.15) is 6.42 Å². The van der Waals surface area contributed by atoms with Crippen LogP contribution in [0.2, 0.25) is 0 Å². The number of nitrogens with zero attached hydrogens (tertiary/aromatic N) is 3. The Balaban J connectivity index is 0.000000951. The van der Waals surface area contributed by atoms with Crippen molar-refractivity contribution in [3.8, 4) is 0 Å². The summed E-state index contributed by atoms with van der Waals surface area (Å²) in [5, 5.41) is 0. The molecule has 0 aliphatic heterocycles. The summed E-state index contributed by atoms with van der Waals surface area (Å²) in [5.74, 6) is -36.6. The molecular formula is C14H10F19N3O4S2. The molecular weight excluding hydrogens is 699 g/mol. The van der Waals surface area contributed by atoms with Crippen LogP contribution in [0.15, 0.2) is 18.7 Å². The molecule has 0 saturated heterocycles. The largest absolute Gasteiger partial charge is 0.480 e. The number of alkyl halides is 19. The van der Waals surface area contributed by atoms with Crippen molar-refractivity contribution >= 4 is 20.0 Å². The van der Waals surface area contributed by atoms with Crippen LogP contribution >= 0.6 is 0 Å². The molecule has 28 heteroatoms. The third-order valence-corrected chi connectivity index (χ3v) is 7.03. The zero-order chi connectivity index (χ0) is 34.4. The van der Waals surface area contributed by atoms with Gasteiger partial charge in [0.1, 0.15) is 12.4 Å². The average molecular weight is 709 g/mol. The third-order valence-electron chi connectivity index (χ3n) is 4.29. The van der Waals surface area contributed by atoms with Crippen LogP contribution < -0.4 is 4.57 Å². The zero-order valence-corrected chi connectivity index (χ0v) is 20.8. The maximum atomic E-state index is 13.5. The van der Waals surface area contributed by atoms with Gasteiger partial charge in [-0.05, 0) is 0 Å². The lowest BCUT2D eigenvalue weighted by Crippen LogP contribution is -2.70. The molecule has 1 heterocycles. The highest BCUT2D eigenvalue weighted by Crippen LogP contribution is 2.60. The SMILES string of the molecule is C[n+]1ccn(CCC(F)(F)C(F)(F)C(F)(F)C(F)(F)C(F)(F)C(F)(F)F)c1.O=S(=O)([N-]S(=O)(=O)C(F)(F)F)C(F)(F)F. The number of halogens is 19. The van der Waals surface area contributed by atoms with E-state index in [1.54, 1.807) is 0 Å². The molecule has 1 aromatic rings. The molecule has 0 aromatic carbocycles. The molecule has 0 N–H and O–H groups in total. The van der Waals surface area contributed by atoms with E-state index >= 15 is 0 Å². The van der Waals surface area contributed by atoms with Crippen LogP contribution in [0.4, 0.5) is 83.4 Å². The first kappa shape index (κ1) is 39.7. The zero-order valence-electron chi connectivity index (χ0n) is 19.1. The number of hydrogen-bond acceptors (Lipinski definition) is 4. The van der Waals surface area contributed by atoms with E-state index in [0.29, 0.717) is 0 Å². The van der Waals surface area contributed by atoms with Gasteiger partial charge in [-0.25, -0.2) is 26.0 Å². The molecule has 42 heavy (non-hydrogen) atoms. The Labute approximate surface area is 220 Å². The van der Waals surface area contributed by atoms with Gasteiger partial charge in [0.05, 0.1) is 20.0 Å². The summed E-state index contributed by atoms with van der Waals surface area (Å²) in [6, 6.07) is 0. The van der Waals surface area contributed by atoms with Gasteiger partial charge in [-0.2, -0.15) is 83.4 Å². The minimum atomic E-state index is -7.86. The van der Waals surface area contributed by atoms with Crippen LogP contribution in [0, 0.1) is 0 Å². The molecule has 0 atom stereocenters. The van der Waals surface area contributed by atoms with Crippen molar-refractivity contribution in [3.05, 3.63) is 22.8 Å². The molecule has 0 aliphatic rings. The van der Waals surface area contributed by atoms with Gasteiger partial charge in [-0.3, -0.25) is 0 Å². The second-order valence-corrected chi connectivity index (χ2v) is 10.9. The molecule has 7 nitrogen and oxygen atoms in total. The van der Waals surface area contributed by atoms with Gasteiger partial charge in [0.25, 0.3) is 0 Å². The summed E-state index contributed by atoms with van der Waals surface area (Å²) in [5.41, 5.74) is -12.4. The summed E-state index contributed by atoms with van der Waals surface area (Å²) in [4.78, 5) is 0. The molecule has 0 aliphatic carbocycles. The van der Waals surface area contributed by atoms with E-state index < -0.39 is 79.8 Å². The van der Waals surface area contributed by atoms with E-state index in [-0.39, 0.29) is 0 Å². The molecule has 0 saturated carbocycles. The number of aryl methyl sites for hydroxylation is 2. The Hall–Kier alpha value is -2.26. The second-order valence-electron chi connectivity index (χ2n) is 7.48. The number of sulfonamides is 2. The van der Waals surface area contributed by atoms with Crippen molar-refractivity contribution in [2.45, 2.75) is 59.8 Å². The predicted molar refractivity (Wildman–Crippen MR) is 94.3 cm³/mol. The van der Waals surface area contributed by atoms with E-state index in [1.165, 1.54) is 17.8 Å². The summed E-state index contributed by atoms with van der Waals surface area (Å²) >= 11 is 0. The van der Waals surface area contributed by atoms with Gasteiger partial charge in [0.2, 0.25) is 6.33 Å². The Morgan fingerprint density at radius 1 is 0.619 bits per heavy atom. The van der Waals surface area contributed by atoms with Crippen molar-refractivity contribution in [3.63, 3.8) is 0 Å².